The Morgan fingerprint density at radius 2 is 2.05 bits per heavy atom. The van der Waals surface area contributed by atoms with Crippen molar-refractivity contribution in [3.8, 4) is 0 Å². The molecule has 0 aromatic heterocycles. The molecule has 1 aliphatic heterocycles. The van der Waals surface area contributed by atoms with Crippen LogP contribution in [0.4, 0.5) is 4.39 Å². The van der Waals surface area contributed by atoms with Crippen molar-refractivity contribution in [2.45, 2.75) is 25.8 Å². The number of likely N-dealkylation sites (tertiary alicyclic amines) is 1. The van der Waals surface area contributed by atoms with Gasteiger partial charge in [0.1, 0.15) is 5.82 Å². The van der Waals surface area contributed by atoms with Gasteiger partial charge in [-0.15, -0.1) is 0 Å². The van der Waals surface area contributed by atoms with Gasteiger partial charge in [0.2, 0.25) is 0 Å². The SMILES string of the molecule is Cc1cccc(C2CCCN2C(=O)c2c(F)cccc2Cl)c1. The summed E-state index contributed by atoms with van der Waals surface area (Å²) in [6.07, 6.45) is 1.80. The second-order valence-corrected chi connectivity index (χ2v) is 6.07. The van der Waals surface area contributed by atoms with Gasteiger partial charge in [0.05, 0.1) is 16.6 Å². The van der Waals surface area contributed by atoms with Gasteiger partial charge in [0, 0.05) is 6.54 Å². The van der Waals surface area contributed by atoms with Crippen LogP contribution in [0, 0.1) is 12.7 Å². The molecule has 0 saturated carbocycles. The van der Waals surface area contributed by atoms with Crippen LogP contribution in [0.15, 0.2) is 42.5 Å². The van der Waals surface area contributed by atoms with Gasteiger partial charge in [0.25, 0.3) is 5.91 Å². The minimum atomic E-state index is -0.563. The van der Waals surface area contributed by atoms with Gasteiger partial charge in [-0.25, -0.2) is 4.39 Å². The fraction of sp³-hybridized carbons (Fsp3) is 0.278. The van der Waals surface area contributed by atoms with Crippen molar-refractivity contribution >= 4 is 17.5 Å². The lowest BCUT2D eigenvalue weighted by Crippen LogP contribution is -2.31. The molecule has 3 rings (SSSR count). The van der Waals surface area contributed by atoms with E-state index in [0.717, 1.165) is 24.0 Å². The van der Waals surface area contributed by atoms with Crippen LogP contribution in [0.5, 0.6) is 0 Å². The van der Waals surface area contributed by atoms with Crippen LogP contribution in [-0.2, 0) is 0 Å². The highest BCUT2D eigenvalue weighted by Crippen LogP contribution is 2.34. The maximum atomic E-state index is 14.0. The molecule has 22 heavy (non-hydrogen) atoms. The third-order valence-corrected chi connectivity index (χ3v) is 4.43. The molecule has 4 heteroatoms. The first-order valence-corrected chi connectivity index (χ1v) is 7.77. The van der Waals surface area contributed by atoms with E-state index in [2.05, 4.69) is 6.07 Å². The molecule has 1 amide bonds. The number of halogens is 2. The van der Waals surface area contributed by atoms with Gasteiger partial charge < -0.3 is 4.90 Å². The summed E-state index contributed by atoms with van der Waals surface area (Å²) in [6.45, 7) is 2.65. The normalized spacial score (nSPS) is 17.8. The highest BCUT2D eigenvalue weighted by Gasteiger charge is 2.32. The molecule has 2 aromatic rings. The van der Waals surface area contributed by atoms with Gasteiger partial charge in [-0.05, 0) is 37.5 Å². The smallest absolute Gasteiger partial charge is 0.258 e. The predicted molar refractivity (Wildman–Crippen MR) is 85.6 cm³/mol. The van der Waals surface area contributed by atoms with E-state index in [1.54, 1.807) is 11.0 Å². The number of nitrogens with zero attached hydrogens (tertiary/aromatic N) is 1. The first-order chi connectivity index (χ1) is 10.6. The molecule has 1 saturated heterocycles. The summed E-state index contributed by atoms with van der Waals surface area (Å²) in [7, 11) is 0. The Hall–Kier alpha value is -1.87. The maximum Gasteiger partial charge on any atom is 0.258 e. The summed E-state index contributed by atoms with van der Waals surface area (Å²) in [6, 6.07) is 12.4. The predicted octanol–water partition coefficient (Wildman–Crippen LogP) is 4.76. The second-order valence-electron chi connectivity index (χ2n) is 5.67. The number of hydrogen-bond acceptors (Lipinski definition) is 1. The molecule has 0 spiro atoms. The summed E-state index contributed by atoms with van der Waals surface area (Å²) in [5, 5.41) is 0.167. The molecule has 2 aromatic carbocycles. The Bertz CT molecular complexity index is 696. The van der Waals surface area contributed by atoms with E-state index in [1.807, 2.05) is 25.1 Å². The summed E-state index contributed by atoms with van der Waals surface area (Å²) in [5.41, 5.74) is 2.22. The van der Waals surface area contributed by atoms with Gasteiger partial charge in [-0.1, -0.05) is 47.5 Å². The van der Waals surface area contributed by atoms with E-state index < -0.39 is 5.82 Å². The summed E-state index contributed by atoms with van der Waals surface area (Å²) < 4.78 is 14.0. The van der Waals surface area contributed by atoms with E-state index in [9.17, 15) is 9.18 Å². The van der Waals surface area contributed by atoms with Crippen LogP contribution >= 0.6 is 11.6 Å². The molecule has 1 atom stereocenters. The van der Waals surface area contributed by atoms with Crippen molar-refractivity contribution in [2.24, 2.45) is 0 Å². The van der Waals surface area contributed by atoms with Crippen LogP contribution in [0.2, 0.25) is 5.02 Å². The van der Waals surface area contributed by atoms with E-state index >= 15 is 0 Å². The number of amides is 1. The zero-order valence-corrected chi connectivity index (χ0v) is 13.1. The molecule has 0 bridgehead atoms. The molecule has 1 fully saturated rings. The maximum absolute atomic E-state index is 14.0. The molecule has 114 valence electrons. The van der Waals surface area contributed by atoms with E-state index in [1.165, 1.54) is 12.1 Å². The molecule has 1 aliphatic rings. The summed E-state index contributed by atoms with van der Waals surface area (Å²) in [5.74, 6) is -0.889. The Balaban J connectivity index is 1.95. The molecular weight excluding hydrogens is 301 g/mol. The standard InChI is InChI=1S/C18H17ClFNO/c1-12-5-2-6-13(11-12)16-9-4-10-21(16)18(22)17-14(19)7-3-8-15(17)20/h2-3,5-8,11,16H,4,9-10H2,1H3. The van der Waals surface area contributed by atoms with E-state index in [0.29, 0.717) is 6.54 Å². The molecule has 2 nitrogen and oxygen atoms in total. The second kappa shape index (κ2) is 6.09. The number of benzene rings is 2. The Kier molecular flexibility index (Phi) is 4.16. The Morgan fingerprint density at radius 3 is 2.77 bits per heavy atom. The monoisotopic (exact) mass is 317 g/mol. The first kappa shape index (κ1) is 15.0. The lowest BCUT2D eigenvalue weighted by molar-refractivity contribution is 0.0731. The molecule has 0 radical (unpaired) electrons. The van der Waals surface area contributed by atoms with Gasteiger partial charge in [0.15, 0.2) is 0 Å². The number of aryl methyl sites for hydroxylation is 1. The highest BCUT2D eigenvalue weighted by atomic mass is 35.5. The average Bonchev–Trinajstić information content (AvgIpc) is 2.96. The molecule has 0 N–H and O–H groups in total. The van der Waals surface area contributed by atoms with Gasteiger partial charge >= 0.3 is 0 Å². The zero-order chi connectivity index (χ0) is 15.7. The van der Waals surface area contributed by atoms with Crippen LogP contribution in [-0.4, -0.2) is 17.4 Å². The van der Waals surface area contributed by atoms with Crippen LogP contribution < -0.4 is 0 Å². The van der Waals surface area contributed by atoms with Gasteiger partial charge in [-0.3, -0.25) is 4.79 Å². The number of carbonyl (C=O) groups excluding carboxylic acids is 1. The Labute approximate surface area is 134 Å². The average molecular weight is 318 g/mol. The molecule has 1 heterocycles. The van der Waals surface area contributed by atoms with Crippen molar-refractivity contribution < 1.29 is 9.18 Å². The van der Waals surface area contributed by atoms with Gasteiger partial charge in [-0.2, -0.15) is 0 Å². The minimum Gasteiger partial charge on any atom is -0.331 e. The van der Waals surface area contributed by atoms with Crippen molar-refractivity contribution in [2.75, 3.05) is 6.54 Å². The number of carbonyl (C=O) groups is 1. The quantitative estimate of drug-likeness (QED) is 0.781. The summed E-state index contributed by atoms with van der Waals surface area (Å²) >= 11 is 6.03. The Morgan fingerprint density at radius 1 is 1.27 bits per heavy atom. The topological polar surface area (TPSA) is 20.3 Å². The lowest BCUT2D eigenvalue weighted by atomic mass is 10.0. The zero-order valence-electron chi connectivity index (χ0n) is 12.4. The highest BCUT2D eigenvalue weighted by molar-refractivity contribution is 6.33. The minimum absolute atomic E-state index is 0.0110. The fourth-order valence-corrected chi connectivity index (χ4v) is 3.32. The molecule has 1 unspecified atom stereocenters. The van der Waals surface area contributed by atoms with E-state index in [-0.39, 0.29) is 22.5 Å². The first-order valence-electron chi connectivity index (χ1n) is 7.39. The third-order valence-electron chi connectivity index (χ3n) is 4.12. The van der Waals surface area contributed by atoms with Crippen molar-refractivity contribution in [1.82, 2.24) is 4.90 Å². The number of rotatable bonds is 2. The fourth-order valence-electron chi connectivity index (χ4n) is 3.08. The number of hydrogen-bond donors (Lipinski definition) is 0. The summed E-state index contributed by atoms with van der Waals surface area (Å²) in [4.78, 5) is 14.5. The molecular formula is C18H17ClFNO. The largest absolute Gasteiger partial charge is 0.331 e. The lowest BCUT2D eigenvalue weighted by Gasteiger charge is -2.26. The van der Waals surface area contributed by atoms with Crippen LogP contribution in [0.1, 0.15) is 40.4 Å². The molecule has 0 aliphatic carbocycles. The van der Waals surface area contributed by atoms with Crippen molar-refractivity contribution in [3.63, 3.8) is 0 Å². The van der Waals surface area contributed by atoms with E-state index in [4.69, 9.17) is 11.6 Å². The third kappa shape index (κ3) is 2.73. The van der Waals surface area contributed by atoms with Crippen molar-refractivity contribution in [1.29, 1.82) is 0 Å². The van der Waals surface area contributed by atoms with Crippen molar-refractivity contribution in [3.05, 3.63) is 70.0 Å². The van der Waals surface area contributed by atoms with Crippen LogP contribution in [0.3, 0.4) is 0 Å². The van der Waals surface area contributed by atoms with Crippen LogP contribution in [0.25, 0.3) is 0 Å².